The maximum Gasteiger partial charge on any atom is 0.135 e. The van der Waals surface area contributed by atoms with E-state index in [4.69, 9.17) is 21.1 Å². The third-order valence-electron chi connectivity index (χ3n) is 3.73. The van der Waals surface area contributed by atoms with E-state index in [-0.39, 0.29) is 0 Å². The van der Waals surface area contributed by atoms with Crippen molar-refractivity contribution in [2.24, 2.45) is 5.92 Å². The first-order valence-electron chi connectivity index (χ1n) is 7.12. The molecule has 2 rings (SSSR count). The Labute approximate surface area is 126 Å². The molecule has 2 nitrogen and oxygen atoms in total. The zero-order valence-corrected chi connectivity index (χ0v) is 12.9. The second-order valence-corrected chi connectivity index (χ2v) is 5.56. The lowest BCUT2D eigenvalue weighted by molar-refractivity contribution is 0.135. The predicted molar refractivity (Wildman–Crippen MR) is 82.6 cm³/mol. The molecule has 0 unspecified atom stereocenters. The van der Waals surface area contributed by atoms with Gasteiger partial charge in [0, 0.05) is 0 Å². The number of hydrogen-bond donors (Lipinski definition) is 0. The van der Waals surface area contributed by atoms with Gasteiger partial charge in [0.25, 0.3) is 0 Å². The summed E-state index contributed by atoms with van der Waals surface area (Å²) in [6.45, 7) is 2.31. The van der Waals surface area contributed by atoms with Gasteiger partial charge in [0.1, 0.15) is 11.5 Å². The van der Waals surface area contributed by atoms with Gasteiger partial charge in [0.15, 0.2) is 0 Å². The molecule has 1 aliphatic carbocycles. The molecule has 1 fully saturated rings. The molecule has 0 N–H and O–H groups in total. The van der Waals surface area contributed by atoms with E-state index in [1.165, 1.54) is 12.8 Å². The summed E-state index contributed by atoms with van der Waals surface area (Å²) in [5.41, 5.74) is 0.851. The standard InChI is InChI=1S/C17H21ClO2/c1-13-5-7-15(8-6-13)20-17-10-9-16(19-2)12-14(17)4-3-11-18/h9-10,12-13,15H,5-8,11H2,1-2H3. The Balaban J connectivity index is 2.13. The van der Waals surface area contributed by atoms with Crippen LogP contribution in [0.4, 0.5) is 0 Å². The highest BCUT2D eigenvalue weighted by molar-refractivity contribution is 6.19. The number of rotatable bonds is 3. The van der Waals surface area contributed by atoms with Crippen molar-refractivity contribution >= 4 is 11.6 Å². The fourth-order valence-corrected chi connectivity index (χ4v) is 2.56. The number of alkyl halides is 1. The van der Waals surface area contributed by atoms with Crippen LogP contribution >= 0.6 is 11.6 Å². The monoisotopic (exact) mass is 292 g/mol. The van der Waals surface area contributed by atoms with E-state index < -0.39 is 0 Å². The van der Waals surface area contributed by atoms with Crippen molar-refractivity contribution in [3.05, 3.63) is 23.8 Å². The molecule has 0 spiro atoms. The fourth-order valence-electron chi connectivity index (χ4n) is 2.49. The van der Waals surface area contributed by atoms with Gasteiger partial charge < -0.3 is 9.47 Å². The first kappa shape index (κ1) is 15.1. The molecule has 1 saturated carbocycles. The third kappa shape index (κ3) is 4.08. The summed E-state index contributed by atoms with van der Waals surface area (Å²) in [7, 11) is 1.65. The van der Waals surface area contributed by atoms with Gasteiger partial charge in [0.2, 0.25) is 0 Å². The number of hydrogen-bond acceptors (Lipinski definition) is 2. The van der Waals surface area contributed by atoms with E-state index in [9.17, 15) is 0 Å². The second kappa shape index (κ2) is 7.45. The molecule has 0 atom stereocenters. The van der Waals surface area contributed by atoms with Crippen LogP contribution in [0, 0.1) is 17.8 Å². The average Bonchev–Trinajstić information content (AvgIpc) is 2.48. The van der Waals surface area contributed by atoms with Gasteiger partial charge in [-0.25, -0.2) is 0 Å². The van der Waals surface area contributed by atoms with E-state index >= 15 is 0 Å². The Bertz CT molecular complexity index is 493. The summed E-state index contributed by atoms with van der Waals surface area (Å²) in [5.74, 6) is 8.69. The first-order valence-corrected chi connectivity index (χ1v) is 7.66. The minimum absolute atomic E-state index is 0.302. The third-order valence-corrected chi connectivity index (χ3v) is 3.87. The van der Waals surface area contributed by atoms with E-state index in [1.807, 2.05) is 18.2 Å². The molecule has 108 valence electrons. The van der Waals surface area contributed by atoms with Gasteiger partial charge in [-0.05, 0) is 49.8 Å². The number of methoxy groups -OCH3 is 1. The van der Waals surface area contributed by atoms with Crippen molar-refractivity contribution < 1.29 is 9.47 Å². The van der Waals surface area contributed by atoms with Gasteiger partial charge in [-0.1, -0.05) is 18.8 Å². The molecule has 0 radical (unpaired) electrons. The second-order valence-electron chi connectivity index (χ2n) is 5.30. The molecule has 20 heavy (non-hydrogen) atoms. The summed E-state index contributed by atoms with van der Waals surface area (Å²) >= 11 is 5.64. The van der Waals surface area contributed by atoms with E-state index in [0.29, 0.717) is 12.0 Å². The molecule has 1 aromatic carbocycles. The van der Waals surface area contributed by atoms with Crippen LogP contribution in [0.15, 0.2) is 18.2 Å². The molecular formula is C17H21ClO2. The highest BCUT2D eigenvalue weighted by atomic mass is 35.5. The van der Waals surface area contributed by atoms with Crippen LogP contribution in [-0.4, -0.2) is 19.1 Å². The van der Waals surface area contributed by atoms with Crippen molar-refractivity contribution in [1.29, 1.82) is 0 Å². The summed E-state index contributed by atoms with van der Waals surface area (Å²) < 4.78 is 11.4. The zero-order chi connectivity index (χ0) is 14.4. The van der Waals surface area contributed by atoms with Crippen molar-refractivity contribution in [2.45, 2.75) is 38.7 Å². The topological polar surface area (TPSA) is 18.5 Å². The van der Waals surface area contributed by atoms with Crippen LogP contribution in [0.3, 0.4) is 0 Å². The van der Waals surface area contributed by atoms with Crippen molar-refractivity contribution in [1.82, 2.24) is 0 Å². The van der Waals surface area contributed by atoms with Crippen LogP contribution in [0.1, 0.15) is 38.2 Å². The smallest absolute Gasteiger partial charge is 0.135 e. The Kier molecular flexibility index (Phi) is 5.61. The Morgan fingerprint density at radius 3 is 2.65 bits per heavy atom. The predicted octanol–water partition coefficient (Wildman–Crippen LogP) is 4.24. The normalized spacial score (nSPS) is 21.8. The molecule has 0 amide bonds. The number of halogens is 1. The van der Waals surface area contributed by atoms with E-state index in [2.05, 4.69) is 18.8 Å². The highest BCUT2D eigenvalue weighted by Gasteiger charge is 2.20. The maximum absolute atomic E-state index is 6.13. The van der Waals surface area contributed by atoms with Gasteiger partial charge in [0.05, 0.1) is 24.7 Å². The first-order chi connectivity index (χ1) is 9.72. The minimum atomic E-state index is 0.302. The molecular weight excluding hydrogens is 272 g/mol. The summed E-state index contributed by atoms with van der Waals surface area (Å²) in [4.78, 5) is 0. The molecule has 0 aromatic heterocycles. The van der Waals surface area contributed by atoms with Crippen molar-refractivity contribution in [3.63, 3.8) is 0 Å². The van der Waals surface area contributed by atoms with Gasteiger partial charge in [-0.3, -0.25) is 0 Å². The summed E-state index contributed by atoms with van der Waals surface area (Å²) in [6, 6.07) is 5.75. The van der Waals surface area contributed by atoms with E-state index in [1.54, 1.807) is 7.11 Å². The lowest BCUT2D eigenvalue weighted by Crippen LogP contribution is -2.23. The Morgan fingerprint density at radius 2 is 2.00 bits per heavy atom. The largest absolute Gasteiger partial charge is 0.497 e. The van der Waals surface area contributed by atoms with Crippen LogP contribution in [0.5, 0.6) is 11.5 Å². The minimum Gasteiger partial charge on any atom is -0.497 e. The number of benzene rings is 1. The lowest BCUT2D eigenvalue weighted by atomic mass is 9.89. The fraction of sp³-hybridized carbons (Fsp3) is 0.529. The molecule has 3 heteroatoms. The lowest BCUT2D eigenvalue weighted by Gasteiger charge is -2.27. The van der Waals surface area contributed by atoms with Crippen LogP contribution in [-0.2, 0) is 0 Å². The highest BCUT2D eigenvalue weighted by Crippen LogP contribution is 2.30. The van der Waals surface area contributed by atoms with Gasteiger partial charge in [-0.2, -0.15) is 0 Å². The molecule has 0 bridgehead atoms. The average molecular weight is 293 g/mol. The molecule has 0 saturated heterocycles. The van der Waals surface area contributed by atoms with Crippen molar-refractivity contribution in [2.75, 3.05) is 13.0 Å². The zero-order valence-electron chi connectivity index (χ0n) is 12.1. The maximum atomic E-state index is 6.13. The van der Waals surface area contributed by atoms with Crippen molar-refractivity contribution in [3.8, 4) is 23.3 Å². The quantitative estimate of drug-likeness (QED) is 0.613. The van der Waals surface area contributed by atoms with Crippen LogP contribution in [0.2, 0.25) is 0 Å². The van der Waals surface area contributed by atoms with Gasteiger partial charge in [-0.15, -0.1) is 11.6 Å². The molecule has 0 aliphatic heterocycles. The van der Waals surface area contributed by atoms with Gasteiger partial charge >= 0.3 is 0 Å². The summed E-state index contributed by atoms with van der Waals surface area (Å²) in [5, 5.41) is 0. The Hall–Kier alpha value is -1.33. The van der Waals surface area contributed by atoms with Crippen LogP contribution in [0.25, 0.3) is 0 Å². The Morgan fingerprint density at radius 1 is 1.25 bits per heavy atom. The molecule has 0 heterocycles. The van der Waals surface area contributed by atoms with Crippen LogP contribution < -0.4 is 9.47 Å². The SMILES string of the molecule is COc1ccc(OC2CCC(C)CC2)c(C#CCCl)c1. The van der Waals surface area contributed by atoms with E-state index in [0.717, 1.165) is 35.8 Å². The number of ether oxygens (including phenoxy) is 2. The summed E-state index contributed by atoms with van der Waals surface area (Å²) in [6.07, 6.45) is 5.02. The molecule has 1 aromatic rings. The molecule has 1 aliphatic rings.